The van der Waals surface area contributed by atoms with Gasteiger partial charge in [0.1, 0.15) is 0 Å². The van der Waals surface area contributed by atoms with E-state index in [1.165, 1.54) is 12.1 Å². The van der Waals surface area contributed by atoms with Crippen LogP contribution in [0.3, 0.4) is 0 Å². The summed E-state index contributed by atoms with van der Waals surface area (Å²) in [6, 6.07) is 5.02. The maximum Gasteiger partial charge on any atom is 0.416 e. The summed E-state index contributed by atoms with van der Waals surface area (Å²) in [6.45, 7) is 6.55. The maximum atomic E-state index is 12.6. The molecule has 1 saturated heterocycles. The summed E-state index contributed by atoms with van der Waals surface area (Å²) >= 11 is 0. The molecule has 1 atom stereocenters. The third-order valence-corrected chi connectivity index (χ3v) is 4.77. The van der Waals surface area contributed by atoms with Crippen LogP contribution in [0.2, 0.25) is 0 Å². The van der Waals surface area contributed by atoms with Gasteiger partial charge in [-0.3, -0.25) is 4.79 Å². The van der Waals surface area contributed by atoms with Crippen LogP contribution in [0.4, 0.5) is 13.2 Å². The predicted octanol–water partition coefficient (Wildman–Crippen LogP) is 3.81. The first-order valence-corrected chi connectivity index (χ1v) is 8.34. The standard InChI is InChI=1S/C18H25F3N2O.ClH/c1-13(11-14-3-5-15(6-4-14)18(19,20)21)16(24)23-12-17(2)7-9-22-10-8-17;/h3-6,13,22H,7-12H2,1-2H3,(H,23,24);1H. The Morgan fingerprint density at radius 2 is 1.80 bits per heavy atom. The van der Waals surface area contributed by atoms with Crippen LogP contribution in [-0.4, -0.2) is 25.5 Å². The van der Waals surface area contributed by atoms with E-state index in [0.29, 0.717) is 13.0 Å². The van der Waals surface area contributed by atoms with Crippen molar-refractivity contribution in [2.45, 2.75) is 39.3 Å². The second kappa shape index (κ2) is 8.90. The van der Waals surface area contributed by atoms with Crippen molar-refractivity contribution in [3.63, 3.8) is 0 Å². The van der Waals surface area contributed by atoms with Crippen LogP contribution in [-0.2, 0) is 17.4 Å². The third-order valence-electron chi connectivity index (χ3n) is 4.77. The molecule has 3 nitrogen and oxygen atoms in total. The van der Waals surface area contributed by atoms with E-state index in [-0.39, 0.29) is 29.6 Å². The van der Waals surface area contributed by atoms with Gasteiger partial charge in [-0.05, 0) is 55.5 Å². The Hall–Kier alpha value is -1.27. The Balaban J connectivity index is 0.00000312. The van der Waals surface area contributed by atoms with E-state index in [4.69, 9.17) is 0 Å². The molecular weight excluding hydrogens is 353 g/mol. The molecule has 0 spiro atoms. The smallest absolute Gasteiger partial charge is 0.355 e. The van der Waals surface area contributed by atoms with Crippen LogP contribution in [0, 0.1) is 11.3 Å². The van der Waals surface area contributed by atoms with Crippen molar-refractivity contribution in [3.8, 4) is 0 Å². The summed E-state index contributed by atoms with van der Waals surface area (Å²) in [7, 11) is 0. The van der Waals surface area contributed by atoms with Gasteiger partial charge < -0.3 is 10.6 Å². The zero-order chi connectivity index (χ0) is 17.8. The first kappa shape index (κ1) is 21.8. The number of alkyl halides is 3. The molecule has 0 aromatic heterocycles. The van der Waals surface area contributed by atoms with Gasteiger partial charge in [-0.1, -0.05) is 26.0 Å². The molecule has 0 radical (unpaired) electrons. The summed E-state index contributed by atoms with van der Waals surface area (Å²) in [6.07, 6.45) is -1.84. The molecule has 1 fully saturated rings. The zero-order valence-corrected chi connectivity index (χ0v) is 15.4. The van der Waals surface area contributed by atoms with Gasteiger partial charge in [-0.2, -0.15) is 13.2 Å². The summed E-state index contributed by atoms with van der Waals surface area (Å²) in [5, 5.41) is 6.31. The van der Waals surface area contributed by atoms with Crippen molar-refractivity contribution in [2.24, 2.45) is 11.3 Å². The number of benzene rings is 1. The van der Waals surface area contributed by atoms with Crippen molar-refractivity contribution >= 4 is 18.3 Å². The number of nitrogens with one attached hydrogen (secondary N) is 2. The molecule has 2 rings (SSSR count). The number of piperidine rings is 1. The van der Waals surface area contributed by atoms with Gasteiger partial charge in [0.05, 0.1) is 5.56 Å². The Bertz CT molecular complexity index is 554. The fourth-order valence-electron chi connectivity index (χ4n) is 2.96. The van der Waals surface area contributed by atoms with Gasteiger partial charge in [-0.15, -0.1) is 12.4 Å². The highest BCUT2D eigenvalue weighted by molar-refractivity contribution is 5.85. The molecule has 1 aliphatic rings. The minimum atomic E-state index is -4.33. The van der Waals surface area contributed by atoms with Crippen LogP contribution >= 0.6 is 12.4 Å². The minimum absolute atomic E-state index is 0. The molecule has 1 unspecified atom stereocenters. The lowest BCUT2D eigenvalue weighted by Crippen LogP contribution is -2.44. The molecule has 7 heteroatoms. The van der Waals surface area contributed by atoms with Crippen LogP contribution in [0.15, 0.2) is 24.3 Å². The zero-order valence-electron chi connectivity index (χ0n) is 14.6. The number of hydrogen-bond donors (Lipinski definition) is 2. The van der Waals surface area contributed by atoms with Crippen molar-refractivity contribution in [1.82, 2.24) is 10.6 Å². The monoisotopic (exact) mass is 378 g/mol. The molecule has 142 valence electrons. The predicted molar refractivity (Wildman–Crippen MR) is 94.8 cm³/mol. The summed E-state index contributed by atoms with van der Waals surface area (Å²) in [4.78, 5) is 12.3. The third kappa shape index (κ3) is 6.51. The van der Waals surface area contributed by atoms with Crippen LogP contribution in [0.25, 0.3) is 0 Å². The molecule has 0 aliphatic carbocycles. The summed E-state index contributed by atoms with van der Waals surface area (Å²) in [5.41, 5.74) is 0.190. The number of amides is 1. The number of halogens is 4. The van der Waals surface area contributed by atoms with Gasteiger partial charge in [0, 0.05) is 12.5 Å². The van der Waals surface area contributed by atoms with Crippen molar-refractivity contribution in [3.05, 3.63) is 35.4 Å². The molecule has 1 aromatic carbocycles. The van der Waals surface area contributed by atoms with Gasteiger partial charge in [0.25, 0.3) is 0 Å². The van der Waals surface area contributed by atoms with Crippen LogP contribution in [0.1, 0.15) is 37.8 Å². The molecule has 1 aromatic rings. The maximum absolute atomic E-state index is 12.6. The lowest BCUT2D eigenvalue weighted by molar-refractivity contribution is -0.137. The average molecular weight is 379 g/mol. The SMILES string of the molecule is CC(Cc1ccc(C(F)(F)F)cc1)C(=O)NCC1(C)CCNCC1.Cl. The molecule has 0 bridgehead atoms. The fourth-order valence-corrected chi connectivity index (χ4v) is 2.96. The number of hydrogen-bond acceptors (Lipinski definition) is 2. The first-order valence-electron chi connectivity index (χ1n) is 8.34. The number of carbonyl (C=O) groups is 1. The Morgan fingerprint density at radius 3 is 2.32 bits per heavy atom. The van der Waals surface area contributed by atoms with Gasteiger partial charge in [0.2, 0.25) is 5.91 Å². The lowest BCUT2D eigenvalue weighted by atomic mass is 9.81. The van der Waals surface area contributed by atoms with E-state index in [2.05, 4.69) is 17.6 Å². The highest BCUT2D eigenvalue weighted by Gasteiger charge is 2.30. The number of rotatable bonds is 5. The molecule has 25 heavy (non-hydrogen) atoms. The van der Waals surface area contributed by atoms with E-state index in [9.17, 15) is 18.0 Å². The molecule has 0 saturated carbocycles. The Labute approximate surface area is 153 Å². The van der Waals surface area contributed by atoms with E-state index in [1.807, 2.05) is 0 Å². The average Bonchev–Trinajstić information content (AvgIpc) is 2.53. The van der Waals surface area contributed by atoms with Gasteiger partial charge in [-0.25, -0.2) is 0 Å². The molecule has 2 N–H and O–H groups in total. The second-order valence-corrected chi connectivity index (χ2v) is 7.08. The molecule has 1 aliphatic heterocycles. The van der Waals surface area contributed by atoms with E-state index in [0.717, 1.165) is 43.6 Å². The summed E-state index contributed by atoms with van der Waals surface area (Å²) in [5.74, 6) is -0.318. The highest BCUT2D eigenvalue weighted by Crippen LogP contribution is 2.29. The lowest BCUT2D eigenvalue weighted by Gasteiger charge is -2.34. The Morgan fingerprint density at radius 1 is 1.24 bits per heavy atom. The molecule has 1 heterocycles. The second-order valence-electron chi connectivity index (χ2n) is 7.08. The van der Waals surface area contributed by atoms with Crippen molar-refractivity contribution in [2.75, 3.05) is 19.6 Å². The fraction of sp³-hybridized carbons (Fsp3) is 0.611. The molecule has 1 amide bonds. The normalized spacial score (nSPS) is 18.1. The quantitative estimate of drug-likeness (QED) is 0.818. The van der Waals surface area contributed by atoms with E-state index >= 15 is 0 Å². The van der Waals surface area contributed by atoms with Crippen LogP contribution in [0.5, 0.6) is 0 Å². The summed E-state index contributed by atoms with van der Waals surface area (Å²) < 4.78 is 37.7. The van der Waals surface area contributed by atoms with Crippen molar-refractivity contribution in [1.29, 1.82) is 0 Å². The first-order chi connectivity index (χ1) is 11.2. The topological polar surface area (TPSA) is 41.1 Å². The number of carbonyl (C=O) groups excluding carboxylic acids is 1. The van der Waals surface area contributed by atoms with Gasteiger partial charge >= 0.3 is 6.18 Å². The van der Waals surface area contributed by atoms with Crippen LogP contribution < -0.4 is 10.6 Å². The highest BCUT2D eigenvalue weighted by atomic mass is 35.5. The van der Waals surface area contributed by atoms with E-state index in [1.54, 1.807) is 6.92 Å². The largest absolute Gasteiger partial charge is 0.416 e. The van der Waals surface area contributed by atoms with E-state index < -0.39 is 11.7 Å². The molecular formula is C18H26ClF3N2O. The van der Waals surface area contributed by atoms with Crippen molar-refractivity contribution < 1.29 is 18.0 Å². The Kier molecular flexibility index (Phi) is 7.75. The van der Waals surface area contributed by atoms with Gasteiger partial charge in [0.15, 0.2) is 0 Å². The minimum Gasteiger partial charge on any atom is -0.355 e.